The van der Waals surface area contributed by atoms with Gasteiger partial charge in [-0.2, -0.15) is 13.2 Å². The monoisotopic (exact) mass is 614 g/mol. The van der Waals surface area contributed by atoms with Crippen LogP contribution in [0.25, 0.3) is 11.1 Å². The molecule has 1 aromatic heterocycles. The topological polar surface area (TPSA) is 34.5 Å². The summed E-state index contributed by atoms with van der Waals surface area (Å²) in [7, 11) is 1.31. The van der Waals surface area contributed by atoms with E-state index in [0.29, 0.717) is 41.5 Å². The van der Waals surface area contributed by atoms with Crippen LogP contribution in [-0.2, 0) is 19.1 Å². The summed E-state index contributed by atoms with van der Waals surface area (Å²) in [6, 6.07) is 16.8. The van der Waals surface area contributed by atoms with Crippen molar-refractivity contribution in [3.63, 3.8) is 0 Å². The first kappa shape index (κ1) is 30.8. The van der Waals surface area contributed by atoms with Gasteiger partial charge in [0, 0.05) is 36.4 Å². The van der Waals surface area contributed by atoms with E-state index < -0.39 is 40.9 Å². The summed E-state index contributed by atoms with van der Waals surface area (Å²) in [5.74, 6) is -1.32. The summed E-state index contributed by atoms with van der Waals surface area (Å²) in [5, 5.41) is 0.478. The zero-order chi connectivity index (χ0) is 30.9. The van der Waals surface area contributed by atoms with E-state index in [0.717, 1.165) is 23.8 Å². The van der Waals surface area contributed by atoms with Crippen LogP contribution < -0.4 is 10.3 Å². The fourth-order valence-corrected chi connectivity index (χ4v) is 7.09. The minimum atomic E-state index is -4.78. The predicted molar refractivity (Wildman–Crippen MR) is 159 cm³/mol. The average molecular weight is 615 g/mol. The molecule has 0 amide bonds. The van der Waals surface area contributed by atoms with E-state index in [4.69, 9.17) is 4.74 Å². The molecule has 0 fully saturated rings. The molecule has 0 aliphatic carbocycles. The molecule has 3 aromatic carbocycles. The number of pyridine rings is 1. The molecule has 4 nitrogen and oxygen atoms in total. The molecule has 0 saturated carbocycles. The maximum Gasteiger partial charge on any atom is 0.416 e. The number of nitrogens with zero attached hydrogens (tertiary/aromatic N) is 2. The number of halogens is 5. The van der Waals surface area contributed by atoms with Crippen LogP contribution in [-0.4, -0.2) is 35.4 Å². The third-order valence-corrected chi connectivity index (χ3v) is 9.18. The van der Waals surface area contributed by atoms with Gasteiger partial charge in [-0.05, 0) is 48.4 Å². The van der Waals surface area contributed by atoms with Crippen LogP contribution in [0.15, 0.2) is 76.6 Å². The van der Waals surface area contributed by atoms with E-state index in [9.17, 15) is 18.0 Å². The van der Waals surface area contributed by atoms with Crippen LogP contribution in [0, 0.1) is 18.6 Å². The van der Waals surface area contributed by atoms with Crippen molar-refractivity contribution < 1.29 is 26.7 Å². The smallest absolute Gasteiger partial charge is 0.416 e. The lowest BCUT2D eigenvalue weighted by molar-refractivity contribution is -0.138. The number of rotatable bonds is 9. The van der Waals surface area contributed by atoms with Gasteiger partial charge in [-0.15, -0.1) is 11.8 Å². The molecule has 1 aliphatic rings. The van der Waals surface area contributed by atoms with Crippen molar-refractivity contribution in [3.05, 3.63) is 117 Å². The molecule has 2 heterocycles. The Morgan fingerprint density at radius 1 is 1.00 bits per heavy atom. The SMILES string of the molecule is CCN(Cc1ccccc1)CC1CSc2c(Cc3c(F)cccc3C(F)(F)F)c(C)c(-c3cccc(OC)c3F)c(=O)n21. The first-order valence-electron chi connectivity index (χ1n) is 13.9. The number of benzene rings is 3. The summed E-state index contributed by atoms with van der Waals surface area (Å²) in [6.07, 6.45) is -5.20. The number of thioether (sulfide) groups is 1. The molecule has 226 valence electrons. The molecule has 0 spiro atoms. The van der Waals surface area contributed by atoms with Gasteiger partial charge >= 0.3 is 6.18 Å². The predicted octanol–water partition coefficient (Wildman–Crippen LogP) is 7.89. The van der Waals surface area contributed by atoms with E-state index in [-0.39, 0.29) is 22.9 Å². The average Bonchev–Trinajstić information content (AvgIpc) is 3.40. The second kappa shape index (κ2) is 12.5. The number of hydrogen-bond donors (Lipinski definition) is 0. The first-order chi connectivity index (χ1) is 20.5. The second-order valence-corrected chi connectivity index (χ2v) is 11.5. The Bertz CT molecular complexity index is 1690. The van der Waals surface area contributed by atoms with E-state index in [1.807, 2.05) is 37.3 Å². The Kier molecular flexibility index (Phi) is 8.99. The van der Waals surface area contributed by atoms with Crippen LogP contribution in [0.3, 0.4) is 0 Å². The standard InChI is InChI=1S/C33H31F5N2O2S/c1-4-39(17-21-10-6-5-7-11-21)18-22-19-43-32-24(16-25-26(33(36,37)38)13-9-14-27(25)34)20(2)29(31(41)40(22)32)23-12-8-15-28(42-3)30(23)35/h5-15,22H,4,16-19H2,1-3H3. The highest BCUT2D eigenvalue weighted by Crippen LogP contribution is 2.42. The molecule has 5 rings (SSSR count). The van der Waals surface area contributed by atoms with Crippen molar-refractivity contribution in [1.29, 1.82) is 0 Å². The van der Waals surface area contributed by atoms with E-state index in [1.165, 1.54) is 31.0 Å². The van der Waals surface area contributed by atoms with E-state index >= 15 is 8.78 Å². The van der Waals surface area contributed by atoms with Crippen molar-refractivity contribution in [3.8, 4) is 16.9 Å². The highest BCUT2D eigenvalue weighted by Gasteiger charge is 2.37. The van der Waals surface area contributed by atoms with Gasteiger partial charge in [0.1, 0.15) is 5.82 Å². The Labute approximate surface area is 251 Å². The lowest BCUT2D eigenvalue weighted by atomic mass is 9.92. The summed E-state index contributed by atoms with van der Waals surface area (Å²) < 4.78 is 79.3. The van der Waals surface area contributed by atoms with Gasteiger partial charge in [0.15, 0.2) is 11.6 Å². The van der Waals surface area contributed by atoms with Crippen LogP contribution in [0.5, 0.6) is 5.75 Å². The molecular formula is C33H31F5N2O2S. The van der Waals surface area contributed by atoms with Gasteiger partial charge in [0.05, 0.1) is 29.3 Å². The molecule has 4 aromatic rings. The van der Waals surface area contributed by atoms with Gasteiger partial charge in [0.2, 0.25) is 0 Å². The fourth-order valence-electron chi connectivity index (χ4n) is 5.71. The lowest BCUT2D eigenvalue weighted by Gasteiger charge is -2.26. The maximum atomic E-state index is 15.6. The number of alkyl halides is 3. The highest BCUT2D eigenvalue weighted by molar-refractivity contribution is 7.99. The quantitative estimate of drug-likeness (QED) is 0.180. The van der Waals surface area contributed by atoms with Gasteiger partial charge < -0.3 is 4.74 Å². The number of likely N-dealkylation sites (N-methyl/N-ethyl adjacent to an activating group) is 1. The summed E-state index contributed by atoms with van der Waals surface area (Å²) >= 11 is 1.36. The van der Waals surface area contributed by atoms with Crippen molar-refractivity contribution in [2.75, 3.05) is 26.0 Å². The zero-order valence-corrected chi connectivity index (χ0v) is 24.8. The minimum absolute atomic E-state index is 0.0183. The Morgan fingerprint density at radius 2 is 1.72 bits per heavy atom. The molecular weight excluding hydrogens is 583 g/mol. The fraction of sp³-hybridized carbons (Fsp3) is 0.303. The van der Waals surface area contributed by atoms with E-state index in [2.05, 4.69) is 4.90 Å². The number of aromatic nitrogens is 1. The van der Waals surface area contributed by atoms with Crippen LogP contribution >= 0.6 is 11.8 Å². The Hall–Kier alpha value is -3.63. The number of fused-ring (bicyclic) bond motifs is 1. The van der Waals surface area contributed by atoms with Crippen LogP contribution in [0.2, 0.25) is 0 Å². The molecule has 0 radical (unpaired) electrons. The first-order valence-corrected chi connectivity index (χ1v) is 14.9. The number of methoxy groups -OCH3 is 1. The van der Waals surface area contributed by atoms with Crippen LogP contribution in [0.4, 0.5) is 22.0 Å². The normalized spacial score (nSPS) is 14.8. The number of hydrogen-bond acceptors (Lipinski definition) is 4. The molecule has 0 bridgehead atoms. The molecule has 1 aliphatic heterocycles. The van der Waals surface area contributed by atoms with E-state index in [1.54, 1.807) is 17.6 Å². The minimum Gasteiger partial charge on any atom is -0.494 e. The van der Waals surface area contributed by atoms with Crippen molar-refractivity contribution in [2.24, 2.45) is 0 Å². The number of ether oxygens (including phenoxy) is 1. The Balaban J connectivity index is 1.68. The molecule has 0 N–H and O–H groups in total. The Morgan fingerprint density at radius 3 is 2.40 bits per heavy atom. The molecule has 43 heavy (non-hydrogen) atoms. The van der Waals surface area contributed by atoms with Crippen molar-refractivity contribution >= 4 is 11.8 Å². The van der Waals surface area contributed by atoms with Gasteiger partial charge in [-0.3, -0.25) is 14.3 Å². The molecule has 10 heteroatoms. The third kappa shape index (κ3) is 6.08. The summed E-state index contributed by atoms with van der Waals surface area (Å²) in [5.41, 5.74) is -0.251. The van der Waals surface area contributed by atoms with Gasteiger partial charge in [-0.1, -0.05) is 55.5 Å². The summed E-state index contributed by atoms with van der Waals surface area (Å²) in [4.78, 5) is 16.4. The zero-order valence-electron chi connectivity index (χ0n) is 24.0. The van der Waals surface area contributed by atoms with Crippen molar-refractivity contribution in [2.45, 2.75) is 44.1 Å². The highest BCUT2D eigenvalue weighted by atomic mass is 32.2. The van der Waals surface area contributed by atoms with Gasteiger partial charge in [-0.25, -0.2) is 8.78 Å². The largest absolute Gasteiger partial charge is 0.494 e. The molecule has 1 atom stereocenters. The van der Waals surface area contributed by atoms with Crippen molar-refractivity contribution in [1.82, 2.24) is 9.47 Å². The second-order valence-electron chi connectivity index (χ2n) is 10.5. The third-order valence-electron chi connectivity index (χ3n) is 7.91. The maximum absolute atomic E-state index is 15.6. The summed E-state index contributed by atoms with van der Waals surface area (Å²) in [6.45, 7) is 5.43. The molecule has 1 unspecified atom stereocenters. The van der Waals surface area contributed by atoms with Crippen LogP contribution in [0.1, 0.15) is 40.8 Å². The van der Waals surface area contributed by atoms with Gasteiger partial charge in [0.25, 0.3) is 5.56 Å². The molecule has 0 saturated heterocycles. The lowest BCUT2D eigenvalue weighted by Crippen LogP contribution is -2.35.